The van der Waals surface area contributed by atoms with Crippen molar-refractivity contribution >= 4 is 24.0 Å². The molecule has 1 aliphatic rings. The molecule has 1 aliphatic heterocycles. The van der Waals surface area contributed by atoms with Gasteiger partial charge >= 0.3 is 0 Å². The molecule has 0 N–H and O–H groups in total. The van der Waals surface area contributed by atoms with Crippen LogP contribution in [0, 0.1) is 5.92 Å². The van der Waals surface area contributed by atoms with Crippen molar-refractivity contribution in [1.82, 2.24) is 4.90 Å². The number of hydrogen-bond acceptors (Lipinski definition) is 3. The van der Waals surface area contributed by atoms with Gasteiger partial charge in [0.25, 0.3) is 0 Å². The number of anilines is 1. The van der Waals surface area contributed by atoms with Crippen molar-refractivity contribution in [3.05, 3.63) is 30.3 Å². The maximum Gasteiger partial charge on any atom is 0.226 e. The highest BCUT2D eigenvalue weighted by Crippen LogP contribution is 2.27. The zero-order chi connectivity index (χ0) is 16.7. The van der Waals surface area contributed by atoms with Crippen molar-refractivity contribution in [2.24, 2.45) is 5.92 Å². The number of ether oxygens (including phenoxy) is 1. The first-order chi connectivity index (χ1) is 11.2. The maximum absolute atomic E-state index is 12.5. The second-order valence-corrected chi connectivity index (χ2v) is 6.28. The number of carbonyl (C=O) groups is 1. The molecule has 0 aliphatic carbocycles. The molecule has 1 saturated heterocycles. The SMILES string of the molecule is CCOCCN1CCC(N(C(=O)CC)c2ccccc2)C(C)C1.Cl. The molecule has 1 heterocycles. The summed E-state index contributed by atoms with van der Waals surface area (Å²) in [6, 6.07) is 10.4. The summed E-state index contributed by atoms with van der Waals surface area (Å²) in [5.41, 5.74) is 1.03. The van der Waals surface area contributed by atoms with Crippen LogP contribution in [0.1, 0.15) is 33.6 Å². The van der Waals surface area contributed by atoms with Crippen LogP contribution >= 0.6 is 12.4 Å². The van der Waals surface area contributed by atoms with E-state index >= 15 is 0 Å². The van der Waals surface area contributed by atoms with Crippen molar-refractivity contribution in [1.29, 1.82) is 0 Å². The molecule has 2 unspecified atom stereocenters. The molecule has 24 heavy (non-hydrogen) atoms. The van der Waals surface area contributed by atoms with Crippen LogP contribution in [0.2, 0.25) is 0 Å². The Balaban J connectivity index is 0.00000288. The van der Waals surface area contributed by atoms with Crippen LogP contribution in [-0.2, 0) is 9.53 Å². The second-order valence-electron chi connectivity index (χ2n) is 6.28. The molecular weight excluding hydrogens is 324 g/mol. The first-order valence-electron chi connectivity index (χ1n) is 8.84. The van der Waals surface area contributed by atoms with Gasteiger partial charge in [-0.25, -0.2) is 0 Å². The van der Waals surface area contributed by atoms with E-state index in [1.165, 1.54) is 0 Å². The van der Waals surface area contributed by atoms with E-state index in [9.17, 15) is 4.79 Å². The molecule has 0 aromatic heterocycles. The molecule has 0 radical (unpaired) electrons. The summed E-state index contributed by atoms with van der Waals surface area (Å²) in [5.74, 6) is 0.678. The van der Waals surface area contributed by atoms with Gasteiger partial charge in [0.15, 0.2) is 0 Å². The normalized spacial score (nSPS) is 21.1. The molecule has 1 aromatic carbocycles. The molecule has 4 nitrogen and oxygen atoms in total. The van der Waals surface area contributed by atoms with Crippen LogP contribution in [0.25, 0.3) is 0 Å². The van der Waals surface area contributed by atoms with Gasteiger partial charge in [0.05, 0.1) is 6.61 Å². The minimum absolute atomic E-state index is 0. The number of carbonyl (C=O) groups excluding carboxylic acids is 1. The molecule has 5 heteroatoms. The Bertz CT molecular complexity index is 484. The van der Waals surface area contributed by atoms with Crippen LogP contribution in [0.4, 0.5) is 5.69 Å². The van der Waals surface area contributed by atoms with Crippen LogP contribution in [0.15, 0.2) is 30.3 Å². The highest BCUT2D eigenvalue weighted by atomic mass is 35.5. The molecule has 2 rings (SSSR count). The van der Waals surface area contributed by atoms with Gasteiger partial charge in [-0.1, -0.05) is 32.0 Å². The topological polar surface area (TPSA) is 32.8 Å². The Morgan fingerprint density at radius 2 is 2.00 bits per heavy atom. The zero-order valence-electron chi connectivity index (χ0n) is 15.1. The number of rotatable bonds is 7. The molecule has 1 amide bonds. The van der Waals surface area contributed by atoms with Gasteiger partial charge in [-0.15, -0.1) is 12.4 Å². The number of para-hydroxylation sites is 1. The lowest BCUT2D eigenvalue weighted by Gasteiger charge is -2.42. The highest BCUT2D eigenvalue weighted by molar-refractivity contribution is 5.93. The van der Waals surface area contributed by atoms with E-state index < -0.39 is 0 Å². The van der Waals surface area contributed by atoms with Crippen molar-refractivity contribution in [3.8, 4) is 0 Å². The monoisotopic (exact) mass is 354 g/mol. The first kappa shape index (κ1) is 20.9. The van der Waals surface area contributed by atoms with E-state index in [0.29, 0.717) is 12.3 Å². The molecule has 0 spiro atoms. The fourth-order valence-electron chi connectivity index (χ4n) is 3.42. The van der Waals surface area contributed by atoms with Crippen LogP contribution in [0.5, 0.6) is 0 Å². The summed E-state index contributed by atoms with van der Waals surface area (Å²) in [5, 5.41) is 0. The average molecular weight is 355 g/mol. The van der Waals surface area contributed by atoms with E-state index in [-0.39, 0.29) is 24.4 Å². The minimum atomic E-state index is 0. The predicted octanol–water partition coefficient (Wildman–Crippen LogP) is 3.60. The third kappa shape index (κ3) is 5.47. The quantitative estimate of drug-likeness (QED) is 0.701. The van der Waals surface area contributed by atoms with E-state index in [2.05, 4.69) is 11.8 Å². The molecule has 2 atom stereocenters. The fraction of sp³-hybridized carbons (Fsp3) is 0.632. The average Bonchev–Trinajstić information content (AvgIpc) is 2.58. The maximum atomic E-state index is 12.5. The second kappa shape index (κ2) is 10.7. The van der Waals surface area contributed by atoms with E-state index in [4.69, 9.17) is 4.74 Å². The minimum Gasteiger partial charge on any atom is -0.380 e. The fourth-order valence-corrected chi connectivity index (χ4v) is 3.42. The van der Waals surface area contributed by atoms with Crippen LogP contribution in [-0.4, -0.2) is 49.7 Å². The number of benzene rings is 1. The van der Waals surface area contributed by atoms with Crippen molar-refractivity contribution in [2.75, 3.05) is 37.7 Å². The Labute approximate surface area is 152 Å². The lowest BCUT2D eigenvalue weighted by atomic mass is 9.91. The summed E-state index contributed by atoms with van der Waals surface area (Å²) in [6.45, 7) is 10.8. The number of halogens is 1. The van der Waals surface area contributed by atoms with E-state index in [1.54, 1.807) is 0 Å². The molecule has 0 saturated carbocycles. The number of hydrogen-bond donors (Lipinski definition) is 0. The number of likely N-dealkylation sites (tertiary alicyclic amines) is 1. The van der Waals surface area contributed by atoms with Gasteiger partial charge in [-0.2, -0.15) is 0 Å². The largest absolute Gasteiger partial charge is 0.380 e. The summed E-state index contributed by atoms with van der Waals surface area (Å²) < 4.78 is 5.46. The summed E-state index contributed by atoms with van der Waals surface area (Å²) >= 11 is 0. The Kier molecular flexibility index (Phi) is 9.34. The molecular formula is C19H31ClN2O2. The van der Waals surface area contributed by atoms with Crippen molar-refractivity contribution in [2.45, 2.75) is 39.7 Å². The van der Waals surface area contributed by atoms with Gasteiger partial charge in [0.1, 0.15) is 0 Å². The Hall–Kier alpha value is -1.10. The van der Waals surface area contributed by atoms with Gasteiger partial charge in [-0.05, 0) is 31.4 Å². The van der Waals surface area contributed by atoms with E-state index in [0.717, 1.165) is 45.0 Å². The standard InChI is InChI=1S/C19H30N2O2.ClH/c1-4-19(22)21(17-9-7-6-8-10-17)18-11-12-20(15-16(18)3)13-14-23-5-2;/h6-10,16,18H,4-5,11-15H2,1-3H3;1H. The first-order valence-corrected chi connectivity index (χ1v) is 8.84. The third-order valence-corrected chi connectivity index (χ3v) is 4.64. The summed E-state index contributed by atoms with van der Waals surface area (Å²) in [4.78, 5) is 17.0. The Morgan fingerprint density at radius 1 is 1.29 bits per heavy atom. The molecule has 1 aromatic rings. The van der Waals surface area contributed by atoms with Gasteiger partial charge < -0.3 is 14.5 Å². The highest BCUT2D eigenvalue weighted by Gasteiger charge is 2.33. The van der Waals surface area contributed by atoms with Gasteiger partial charge in [0.2, 0.25) is 5.91 Å². The lowest BCUT2D eigenvalue weighted by molar-refractivity contribution is -0.119. The number of nitrogens with zero attached hydrogens (tertiary/aromatic N) is 2. The molecule has 0 bridgehead atoms. The predicted molar refractivity (Wildman–Crippen MR) is 102 cm³/mol. The smallest absolute Gasteiger partial charge is 0.226 e. The summed E-state index contributed by atoms with van der Waals surface area (Å²) in [7, 11) is 0. The van der Waals surface area contributed by atoms with Crippen molar-refractivity contribution < 1.29 is 9.53 Å². The van der Waals surface area contributed by atoms with Crippen LogP contribution < -0.4 is 4.90 Å². The molecule has 136 valence electrons. The van der Waals surface area contributed by atoms with Gasteiger partial charge in [0, 0.05) is 44.4 Å². The Morgan fingerprint density at radius 3 is 2.58 bits per heavy atom. The molecule has 1 fully saturated rings. The number of piperidine rings is 1. The number of amides is 1. The zero-order valence-corrected chi connectivity index (χ0v) is 15.9. The summed E-state index contributed by atoms with van der Waals surface area (Å²) in [6.07, 6.45) is 1.57. The third-order valence-electron chi connectivity index (χ3n) is 4.64. The van der Waals surface area contributed by atoms with Gasteiger partial charge in [-0.3, -0.25) is 4.79 Å². The van der Waals surface area contributed by atoms with Crippen molar-refractivity contribution in [3.63, 3.8) is 0 Å². The van der Waals surface area contributed by atoms with Crippen LogP contribution in [0.3, 0.4) is 0 Å². The lowest BCUT2D eigenvalue weighted by Crippen LogP contribution is -2.52. The van der Waals surface area contributed by atoms with E-state index in [1.807, 2.05) is 49.1 Å².